The molecule has 3 aromatic rings. The molecule has 1 atom stereocenters. The number of methoxy groups -OCH3 is 1. The average Bonchev–Trinajstić information content (AvgIpc) is 3.30. The van der Waals surface area contributed by atoms with Gasteiger partial charge in [-0.2, -0.15) is 0 Å². The fourth-order valence-corrected chi connectivity index (χ4v) is 3.93. The Kier molecular flexibility index (Phi) is 5.43. The van der Waals surface area contributed by atoms with Gasteiger partial charge in [-0.3, -0.25) is 4.79 Å². The summed E-state index contributed by atoms with van der Waals surface area (Å²) in [4.78, 5) is 34.9. The van der Waals surface area contributed by atoms with Crippen LogP contribution in [0, 0.1) is 0 Å². The molecule has 1 fully saturated rings. The number of imidazole rings is 1. The van der Waals surface area contributed by atoms with Crippen molar-refractivity contribution in [1.29, 1.82) is 0 Å². The highest BCUT2D eigenvalue weighted by Crippen LogP contribution is 2.36. The number of amides is 2. The number of fused-ring (bicyclic) bond motifs is 1. The third-order valence-electron chi connectivity index (χ3n) is 5.32. The zero-order chi connectivity index (χ0) is 22.2. The second-order valence-corrected chi connectivity index (χ2v) is 8.74. The molecule has 4 rings (SSSR count). The van der Waals surface area contributed by atoms with E-state index in [1.165, 1.54) is 4.90 Å². The number of ether oxygens (including phenoxy) is 2. The molecule has 2 aromatic carbocycles. The van der Waals surface area contributed by atoms with Crippen LogP contribution in [0.2, 0.25) is 0 Å². The molecule has 0 saturated carbocycles. The Morgan fingerprint density at radius 2 is 1.94 bits per heavy atom. The van der Waals surface area contributed by atoms with E-state index >= 15 is 0 Å². The third-order valence-corrected chi connectivity index (χ3v) is 5.32. The van der Waals surface area contributed by atoms with E-state index in [2.05, 4.69) is 4.98 Å². The van der Waals surface area contributed by atoms with Gasteiger partial charge in [-0.05, 0) is 44.4 Å². The van der Waals surface area contributed by atoms with E-state index < -0.39 is 17.6 Å². The number of aromatic amines is 1. The molecule has 7 heteroatoms. The molecular formula is C24H27N3O4. The molecule has 2 amide bonds. The minimum absolute atomic E-state index is 0.250. The predicted octanol–water partition coefficient (Wildman–Crippen LogP) is 4.41. The van der Waals surface area contributed by atoms with Crippen molar-refractivity contribution >= 4 is 23.0 Å². The molecule has 2 heterocycles. The Hall–Kier alpha value is -3.35. The fraction of sp³-hybridized carbons (Fsp3) is 0.375. The molecule has 0 aliphatic carbocycles. The molecule has 0 spiro atoms. The molecule has 1 unspecified atom stereocenters. The van der Waals surface area contributed by atoms with Crippen LogP contribution in [-0.2, 0) is 16.0 Å². The Morgan fingerprint density at radius 1 is 1.19 bits per heavy atom. The number of aromatic nitrogens is 2. The number of carbonyl (C=O) groups excluding carboxylic acids is 2. The van der Waals surface area contributed by atoms with E-state index in [0.29, 0.717) is 30.7 Å². The first kappa shape index (κ1) is 20.9. The van der Waals surface area contributed by atoms with Gasteiger partial charge in [-0.15, -0.1) is 0 Å². The number of nitrogens with one attached hydrogen (secondary N) is 1. The summed E-state index contributed by atoms with van der Waals surface area (Å²) < 4.78 is 10.9. The van der Waals surface area contributed by atoms with Crippen LogP contribution >= 0.6 is 0 Å². The van der Waals surface area contributed by atoms with Gasteiger partial charge >= 0.3 is 6.09 Å². The summed E-state index contributed by atoms with van der Waals surface area (Å²) in [5.41, 5.74) is 2.76. The molecule has 0 bridgehead atoms. The minimum Gasteiger partial charge on any atom is -0.494 e. The smallest absolute Gasteiger partial charge is 0.417 e. The number of imide groups is 1. The Labute approximate surface area is 181 Å². The van der Waals surface area contributed by atoms with Gasteiger partial charge in [0.05, 0.1) is 18.5 Å². The highest BCUT2D eigenvalue weighted by molar-refractivity contribution is 6.00. The number of H-pyrrole nitrogens is 1. The second-order valence-electron chi connectivity index (χ2n) is 8.74. The van der Waals surface area contributed by atoms with Gasteiger partial charge in [0.1, 0.15) is 22.7 Å². The van der Waals surface area contributed by atoms with Gasteiger partial charge < -0.3 is 14.5 Å². The lowest BCUT2D eigenvalue weighted by Crippen LogP contribution is -2.38. The Bertz CT molecular complexity index is 1120. The molecule has 1 aliphatic heterocycles. The first-order valence-corrected chi connectivity index (χ1v) is 10.4. The van der Waals surface area contributed by atoms with Crippen LogP contribution in [0.3, 0.4) is 0 Å². The lowest BCUT2D eigenvalue weighted by Gasteiger charge is -2.23. The van der Waals surface area contributed by atoms with Crippen LogP contribution in [-0.4, -0.2) is 46.1 Å². The summed E-state index contributed by atoms with van der Waals surface area (Å²) in [6.45, 7) is 5.69. The van der Waals surface area contributed by atoms with Gasteiger partial charge in [0.25, 0.3) is 0 Å². The summed E-state index contributed by atoms with van der Waals surface area (Å²) >= 11 is 0. The van der Waals surface area contributed by atoms with Crippen molar-refractivity contribution in [3.05, 3.63) is 59.4 Å². The zero-order valence-corrected chi connectivity index (χ0v) is 18.3. The molecule has 0 radical (unpaired) electrons. The van der Waals surface area contributed by atoms with E-state index in [9.17, 15) is 9.59 Å². The molecule has 162 valence electrons. The lowest BCUT2D eigenvalue weighted by atomic mass is 9.96. The fourth-order valence-electron chi connectivity index (χ4n) is 3.93. The summed E-state index contributed by atoms with van der Waals surface area (Å²) in [5.74, 6) is 0.746. The van der Waals surface area contributed by atoms with Crippen LogP contribution in [0.5, 0.6) is 5.75 Å². The number of likely N-dealkylation sites (tertiary alicyclic amines) is 1. The SMILES string of the molecule is COc1ccc(C2CCN(C(=O)OC(C)(C)C)C2=O)c2[nH]c(Cc3ccccc3)nc12. The highest BCUT2D eigenvalue weighted by atomic mass is 16.6. The van der Waals surface area contributed by atoms with Crippen molar-refractivity contribution in [3.63, 3.8) is 0 Å². The first-order chi connectivity index (χ1) is 14.8. The van der Waals surface area contributed by atoms with Gasteiger partial charge in [0.15, 0.2) is 0 Å². The molecule has 1 saturated heterocycles. The number of nitrogens with zero attached hydrogens (tertiary/aromatic N) is 2. The van der Waals surface area contributed by atoms with E-state index in [1.54, 1.807) is 27.9 Å². The standard InChI is InChI=1S/C24H27N3O4/c1-24(2,3)31-23(29)27-13-12-17(22(27)28)16-10-11-18(30-4)21-20(16)25-19(26-21)14-15-8-6-5-7-9-15/h5-11,17H,12-14H2,1-4H3,(H,25,26). The Morgan fingerprint density at radius 3 is 2.61 bits per heavy atom. The van der Waals surface area contributed by atoms with Crippen molar-refractivity contribution in [1.82, 2.24) is 14.9 Å². The van der Waals surface area contributed by atoms with Gasteiger partial charge in [0.2, 0.25) is 5.91 Å². The number of hydrogen-bond donors (Lipinski definition) is 1. The molecule has 1 N–H and O–H groups in total. The van der Waals surface area contributed by atoms with Crippen molar-refractivity contribution in [2.75, 3.05) is 13.7 Å². The lowest BCUT2D eigenvalue weighted by molar-refractivity contribution is -0.128. The molecule has 7 nitrogen and oxygen atoms in total. The minimum atomic E-state index is -0.654. The van der Waals surface area contributed by atoms with Crippen molar-refractivity contribution in [3.8, 4) is 5.75 Å². The number of rotatable bonds is 4. The van der Waals surface area contributed by atoms with Gasteiger partial charge in [0, 0.05) is 13.0 Å². The highest BCUT2D eigenvalue weighted by Gasteiger charge is 2.39. The monoisotopic (exact) mass is 421 g/mol. The number of carbonyl (C=O) groups is 2. The maximum atomic E-state index is 13.1. The van der Waals surface area contributed by atoms with E-state index in [4.69, 9.17) is 14.5 Å². The largest absolute Gasteiger partial charge is 0.494 e. The normalized spacial score (nSPS) is 16.7. The topological polar surface area (TPSA) is 84.5 Å². The van der Waals surface area contributed by atoms with Crippen LogP contribution < -0.4 is 4.74 Å². The summed E-state index contributed by atoms with van der Waals surface area (Å²) in [7, 11) is 1.60. The summed E-state index contributed by atoms with van der Waals surface area (Å²) in [6, 6.07) is 13.8. The zero-order valence-electron chi connectivity index (χ0n) is 18.3. The predicted molar refractivity (Wildman–Crippen MR) is 117 cm³/mol. The second kappa shape index (κ2) is 8.06. The first-order valence-electron chi connectivity index (χ1n) is 10.4. The van der Waals surface area contributed by atoms with E-state index in [1.807, 2.05) is 42.5 Å². The van der Waals surface area contributed by atoms with E-state index in [-0.39, 0.29) is 5.91 Å². The number of benzene rings is 2. The Balaban J connectivity index is 1.66. The summed E-state index contributed by atoms with van der Waals surface area (Å²) in [5, 5.41) is 0. The van der Waals surface area contributed by atoms with Crippen LogP contribution in [0.25, 0.3) is 11.0 Å². The quantitative estimate of drug-likeness (QED) is 0.674. The third kappa shape index (κ3) is 4.26. The van der Waals surface area contributed by atoms with Crippen molar-refractivity contribution < 1.29 is 19.1 Å². The molecular weight excluding hydrogens is 394 g/mol. The van der Waals surface area contributed by atoms with Gasteiger partial charge in [-0.25, -0.2) is 14.7 Å². The molecule has 31 heavy (non-hydrogen) atoms. The van der Waals surface area contributed by atoms with Crippen molar-refractivity contribution in [2.24, 2.45) is 0 Å². The summed E-state index contributed by atoms with van der Waals surface area (Å²) in [6.07, 6.45) is 0.576. The average molecular weight is 421 g/mol. The van der Waals surface area contributed by atoms with Crippen LogP contribution in [0.4, 0.5) is 4.79 Å². The molecule has 1 aliphatic rings. The van der Waals surface area contributed by atoms with Crippen LogP contribution in [0.1, 0.15) is 50.1 Å². The van der Waals surface area contributed by atoms with Crippen LogP contribution in [0.15, 0.2) is 42.5 Å². The van der Waals surface area contributed by atoms with E-state index in [0.717, 1.165) is 22.5 Å². The van der Waals surface area contributed by atoms with Crippen molar-refractivity contribution in [2.45, 2.75) is 45.1 Å². The molecule has 1 aromatic heterocycles. The maximum Gasteiger partial charge on any atom is 0.417 e. The maximum absolute atomic E-state index is 13.1. The van der Waals surface area contributed by atoms with Gasteiger partial charge in [-0.1, -0.05) is 36.4 Å². The number of hydrogen-bond acceptors (Lipinski definition) is 5.